The second kappa shape index (κ2) is 10.2. The molecule has 0 aromatic carbocycles. The molecule has 0 bridgehead atoms. The van der Waals surface area contributed by atoms with Crippen molar-refractivity contribution in [3.05, 3.63) is 47.7 Å². The maximum absolute atomic E-state index is 12.3. The van der Waals surface area contributed by atoms with Crippen molar-refractivity contribution in [1.82, 2.24) is 14.8 Å². The molecule has 1 N–H and O–H groups in total. The Kier molecular flexibility index (Phi) is 7.91. The quantitative estimate of drug-likeness (QED) is 0.669. The highest BCUT2D eigenvalue weighted by molar-refractivity contribution is 5.91. The van der Waals surface area contributed by atoms with E-state index in [0.717, 1.165) is 18.7 Å². The molecular formula is C22H33N3O3. The lowest BCUT2D eigenvalue weighted by Crippen LogP contribution is -2.35. The Morgan fingerprint density at radius 2 is 1.93 bits per heavy atom. The third-order valence-electron chi connectivity index (χ3n) is 5.00. The first-order chi connectivity index (χ1) is 13.3. The number of nitrogens with one attached hydrogen (secondary N) is 1. The van der Waals surface area contributed by atoms with Gasteiger partial charge in [-0.2, -0.15) is 0 Å². The van der Waals surface area contributed by atoms with Crippen molar-refractivity contribution in [2.45, 2.75) is 66.6 Å². The molecule has 0 aliphatic heterocycles. The minimum atomic E-state index is -0.192. The highest BCUT2D eigenvalue weighted by atomic mass is 16.4. The molecule has 0 saturated carbocycles. The van der Waals surface area contributed by atoms with E-state index in [1.165, 1.54) is 0 Å². The van der Waals surface area contributed by atoms with E-state index in [0.29, 0.717) is 36.9 Å². The number of hydrogen-bond acceptors (Lipinski definition) is 3. The Hall–Kier alpha value is -2.50. The minimum Gasteiger partial charge on any atom is -0.454 e. The lowest BCUT2D eigenvalue weighted by molar-refractivity contribution is -0.131. The average Bonchev–Trinajstić information content (AvgIpc) is 3.30. The van der Waals surface area contributed by atoms with E-state index in [9.17, 15) is 9.59 Å². The van der Waals surface area contributed by atoms with Crippen LogP contribution in [0.1, 0.15) is 69.5 Å². The molecule has 0 aliphatic rings. The summed E-state index contributed by atoms with van der Waals surface area (Å²) >= 11 is 0. The summed E-state index contributed by atoms with van der Waals surface area (Å²) in [5.74, 6) is 1.36. The van der Waals surface area contributed by atoms with E-state index in [1.54, 1.807) is 6.07 Å². The van der Waals surface area contributed by atoms with Gasteiger partial charge in [-0.05, 0) is 43.5 Å². The number of carbonyl (C=O) groups excluding carboxylic acids is 2. The van der Waals surface area contributed by atoms with E-state index in [2.05, 4.69) is 30.7 Å². The van der Waals surface area contributed by atoms with Crippen LogP contribution in [0.5, 0.6) is 0 Å². The molecule has 1 unspecified atom stereocenters. The lowest BCUT2D eigenvalue weighted by atomic mass is 10.1. The third-order valence-corrected chi connectivity index (χ3v) is 5.00. The summed E-state index contributed by atoms with van der Waals surface area (Å²) in [6, 6.07) is 7.62. The summed E-state index contributed by atoms with van der Waals surface area (Å²) < 4.78 is 7.82. The molecule has 0 spiro atoms. The lowest BCUT2D eigenvalue weighted by Gasteiger charge is -2.22. The minimum absolute atomic E-state index is 0.0813. The molecule has 2 aromatic heterocycles. The Balaban J connectivity index is 2.06. The van der Waals surface area contributed by atoms with Crippen molar-refractivity contribution in [3.8, 4) is 0 Å². The smallest absolute Gasteiger partial charge is 0.287 e. The molecule has 2 rings (SSSR count). The number of furan rings is 1. The maximum Gasteiger partial charge on any atom is 0.287 e. The van der Waals surface area contributed by atoms with Crippen molar-refractivity contribution in [2.24, 2.45) is 5.92 Å². The van der Waals surface area contributed by atoms with Gasteiger partial charge < -0.3 is 19.2 Å². The van der Waals surface area contributed by atoms with E-state index in [4.69, 9.17) is 4.42 Å². The summed E-state index contributed by atoms with van der Waals surface area (Å²) in [5, 5.41) is 2.95. The van der Waals surface area contributed by atoms with E-state index in [1.807, 2.05) is 43.1 Å². The van der Waals surface area contributed by atoms with Gasteiger partial charge in [0.25, 0.3) is 5.91 Å². The van der Waals surface area contributed by atoms with Crippen molar-refractivity contribution in [2.75, 3.05) is 6.54 Å². The van der Waals surface area contributed by atoms with Crippen LogP contribution in [-0.4, -0.2) is 33.9 Å². The van der Waals surface area contributed by atoms with Crippen LogP contribution in [-0.2, 0) is 17.9 Å². The number of carbonyl (C=O) groups is 2. The molecule has 0 aliphatic carbocycles. The van der Waals surface area contributed by atoms with Gasteiger partial charge in [0, 0.05) is 30.9 Å². The van der Waals surface area contributed by atoms with Gasteiger partial charge in [-0.25, -0.2) is 0 Å². The van der Waals surface area contributed by atoms with Gasteiger partial charge in [0.2, 0.25) is 5.91 Å². The maximum atomic E-state index is 12.3. The van der Waals surface area contributed by atoms with Crippen LogP contribution in [0, 0.1) is 5.92 Å². The summed E-state index contributed by atoms with van der Waals surface area (Å²) in [6.07, 6.45) is 3.41. The Bertz CT molecular complexity index is 776. The van der Waals surface area contributed by atoms with E-state index in [-0.39, 0.29) is 17.9 Å². The van der Waals surface area contributed by atoms with Crippen LogP contribution in [0.4, 0.5) is 0 Å². The fraction of sp³-hybridized carbons (Fsp3) is 0.545. The van der Waals surface area contributed by atoms with Crippen LogP contribution in [0.25, 0.3) is 0 Å². The van der Waals surface area contributed by atoms with Gasteiger partial charge >= 0.3 is 0 Å². The van der Waals surface area contributed by atoms with Crippen molar-refractivity contribution < 1.29 is 14.0 Å². The molecule has 154 valence electrons. The first-order valence-electron chi connectivity index (χ1n) is 10.2. The Labute approximate surface area is 167 Å². The molecule has 0 saturated heterocycles. The Morgan fingerprint density at radius 3 is 2.57 bits per heavy atom. The monoisotopic (exact) mass is 387 g/mol. The van der Waals surface area contributed by atoms with E-state index < -0.39 is 0 Å². The number of aromatic nitrogens is 1. The molecule has 6 nitrogen and oxygen atoms in total. The van der Waals surface area contributed by atoms with Gasteiger partial charge in [0.1, 0.15) is 5.76 Å². The zero-order chi connectivity index (χ0) is 20.7. The largest absolute Gasteiger partial charge is 0.454 e. The average molecular weight is 388 g/mol. The first kappa shape index (κ1) is 21.8. The number of hydrogen-bond donors (Lipinski definition) is 1. The SMILES string of the molecule is CCCN(Cc1cccn1Cc1ccc(C(=O)NC(C)C(C)C)o1)C(=O)CC. The van der Waals surface area contributed by atoms with Crippen LogP contribution < -0.4 is 5.32 Å². The molecule has 1 atom stereocenters. The summed E-state index contributed by atoms with van der Waals surface area (Å²) in [7, 11) is 0. The fourth-order valence-electron chi connectivity index (χ4n) is 2.93. The fourth-order valence-corrected chi connectivity index (χ4v) is 2.93. The van der Waals surface area contributed by atoms with Crippen molar-refractivity contribution >= 4 is 11.8 Å². The summed E-state index contributed by atoms with van der Waals surface area (Å²) in [4.78, 5) is 26.4. The number of amides is 2. The van der Waals surface area contributed by atoms with Crippen LogP contribution in [0.15, 0.2) is 34.9 Å². The molecular weight excluding hydrogens is 354 g/mol. The predicted molar refractivity (Wildman–Crippen MR) is 110 cm³/mol. The molecule has 2 amide bonds. The molecule has 6 heteroatoms. The standard InChI is InChI=1S/C22H33N3O3/c1-6-12-25(21(26)7-2)14-18-9-8-13-24(18)15-19-10-11-20(28-19)22(27)23-17(5)16(3)4/h8-11,13,16-17H,6-7,12,14-15H2,1-5H3,(H,23,27). The molecule has 2 heterocycles. The second-order valence-electron chi connectivity index (χ2n) is 7.57. The van der Waals surface area contributed by atoms with Crippen LogP contribution in [0.2, 0.25) is 0 Å². The summed E-state index contributed by atoms with van der Waals surface area (Å²) in [5.41, 5.74) is 1.05. The van der Waals surface area contributed by atoms with E-state index >= 15 is 0 Å². The van der Waals surface area contributed by atoms with Gasteiger partial charge in [-0.15, -0.1) is 0 Å². The number of rotatable bonds is 10. The van der Waals surface area contributed by atoms with Gasteiger partial charge in [-0.3, -0.25) is 9.59 Å². The summed E-state index contributed by atoms with van der Waals surface area (Å²) in [6.45, 7) is 11.9. The van der Waals surface area contributed by atoms with Crippen molar-refractivity contribution in [3.63, 3.8) is 0 Å². The van der Waals surface area contributed by atoms with Gasteiger partial charge in [0.15, 0.2) is 5.76 Å². The first-order valence-corrected chi connectivity index (χ1v) is 10.2. The highest BCUT2D eigenvalue weighted by Gasteiger charge is 2.17. The normalized spacial score (nSPS) is 12.2. The van der Waals surface area contributed by atoms with Gasteiger partial charge in [0.05, 0.1) is 13.1 Å². The molecule has 0 fully saturated rings. The molecule has 0 radical (unpaired) electrons. The molecule has 2 aromatic rings. The van der Waals surface area contributed by atoms with Gasteiger partial charge in [-0.1, -0.05) is 27.7 Å². The number of nitrogens with zero attached hydrogens (tertiary/aromatic N) is 2. The Morgan fingerprint density at radius 1 is 1.18 bits per heavy atom. The zero-order valence-corrected chi connectivity index (χ0v) is 17.7. The topological polar surface area (TPSA) is 67.5 Å². The van der Waals surface area contributed by atoms with Crippen LogP contribution >= 0.6 is 0 Å². The predicted octanol–water partition coefficient (Wildman–Crippen LogP) is 4.05. The second-order valence-corrected chi connectivity index (χ2v) is 7.57. The zero-order valence-electron chi connectivity index (χ0n) is 17.7. The third kappa shape index (κ3) is 5.75. The highest BCUT2D eigenvalue weighted by Crippen LogP contribution is 2.15. The molecule has 28 heavy (non-hydrogen) atoms. The van der Waals surface area contributed by atoms with Crippen molar-refractivity contribution in [1.29, 1.82) is 0 Å². The van der Waals surface area contributed by atoms with Crippen LogP contribution in [0.3, 0.4) is 0 Å².